The molecule has 0 aliphatic heterocycles. The molecule has 1 fully saturated rings. The molecule has 0 bridgehead atoms. The molecule has 3 N–H and O–H groups in total. The largest absolute Gasteiger partial charge is 0.376 e. The molecule has 1 saturated carbocycles. The van der Waals surface area contributed by atoms with Crippen LogP contribution in [0.2, 0.25) is 0 Å². The Kier molecular flexibility index (Phi) is 4.54. The fourth-order valence-electron chi connectivity index (χ4n) is 1.72. The molecule has 0 aromatic heterocycles. The lowest BCUT2D eigenvalue weighted by Gasteiger charge is -2.42. The first kappa shape index (κ1) is 12.5. The Morgan fingerprint density at radius 1 is 1.60 bits per heavy atom. The van der Waals surface area contributed by atoms with Crippen LogP contribution in [0.4, 0.5) is 0 Å². The van der Waals surface area contributed by atoms with Crippen molar-refractivity contribution in [2.75, 3.05) is 6.61 Å². The van der Waals surface area contributed by atoms with E-state index in [9.17, 15) is 4.79 Å². The molecular weight excluding hydrogens is 192 g/mol. The highest BCUT2D eigenvalue weighted by Gasteiger charge is 2.40. The fourth-order valence-corrected chi connectivity index (χ4v) is 1.72. The van der Waals surface area contributed by atoms with Crippen molar-refractivity contribution in [1.29, 1.82) is 0 Å². The molecule has 15 heavy (non-hydrogen) atoms. The fraction of sp³-hybridized carbons (Fsp3) is 0.909. The Morgan fingerprint density at radius 2 is 2.27 bits per heavy atom. The van der Waals surface area contributed by atoms with Crippen LogP contribution in [0.3, 0.4) is 0 Å². The number of hydrogen-bond donors (Lipinski definition) is 2. The van der Waals surface area contributed by atoms with Crippen molar-refractivity contribution in [1.82, 2.24) is 5.32 Å². The van der Waals surface area contributed by atoms with E-state index in [0.29, 0.717) is 6.61 Å². The predicted octanol–water partition coefficient (Wildman–Crippen LogP) is 0.653. The van der Waals surface area contributed by atoms with Gasteiger partial charge < -0.3 is 15.8 Å². The summed E-state index contributed by atoms with van der Waals surface area (Å²) in [5, 5.41) is 2.96. The van der Waals surface area contributed by atoms with E-state index in [1.165, 1.54) is 0 Å². The van der Waals surface area contributed by atoms with Gasteiger partial charge >= 0.3 is 0 Å². The number of hydrogen-bond acceptors (Lipinski definition) is 3. The normalized spacial score (nSPS) is 31.9. The van der Waals surface area contributed by atoms with E-state index in [1.54, 1.807) is 0 Å². The van der Waals surface area contributed by atoms with Crippen LogP contribution < -0.4 is 11.1 Å². The maximum atomic E-state index is 11.7. The second-order valence-corrected chi connectivity index (χ2v) is 4.24. The van der Waals surface area contributed by atoms with Gasteiger partial charge in [-0.2, -0.15) is 0 Å². The molecule has 4 heteroatoms. The number of nitrogens with one attached hydrogen (secondary N) is 1. The van der Waals surface area contributed by atoms with Gasteiger partial charge in [-0.3, -0.25) is 4.79 Å². The Hall–Kier alpha value is -0.610. The average Bonchev–Trinajstić information content (AvgIpc) is 2.24. The SMILES string of the molecule is CCOC1CC(N)C1NC(=O)C(C)CC. The molecule has 4 unspecified atom stereocenters. The van der Waals surface area contributed by atoms with Gasteiger partial charge in [-0.1, -0.05) is 13.8 Å². The smallest absolute Gasteiger partial charge is 0.223 e. The Balaban J connectivity index is 2.39. The van der Waals surface area contributed by atoms with E-state index >= 15 is 0 Å². The van der Waals surface area contributed by atoms with Crippen molar-refractivity contribution in [3.63, 3.8) is 0 Å². The highest BCUT2D eigenvalue weighted by atomic mass is 16.5. The Morgan fingerprint density at radius 3 is 2.73 bits per heavy atom. The maximum absolute atomic E-state index is 11.7. The van der Waals surface area contributed by atoms with Crippen molar-refractivity contribution < 1.29 is 9.53 Å². The molecule has 1 aliphatic carbocycles. The maximum Gasteiger partial charge on any atom is 0.223 e. The van der Waals surface area contributed by atoms with Crippen LogP contribution in [-0.4, -0.2) is 30.7 Å². The number of nitrogens with two attached hydrogens (primary N) is 1. The molecule has 88 valence electrons. The van der Waals surface area contributed by atoms with Crippen molar-refractivity contribution in [2.45, 2.75) is 51.8 Å². The van der Waals surface area contributed by atoms with Gasteiger partial charge in [0.05, 0.1) is 12.1 Å². The molecule has 0 heterocycles. The summed E-state index contributed by atoms with van der Waals surface area (Å²) in [6.45, 7) is 6.56. The molecule has 0 spiro atoms. The van der Waals surface area contributed by atoms with E-state index in [2.05, 4.69) is 5.32 Å². The standard InChI is InChI=1S/C11H22N2O2/c1-4-7(3)11(14)13-10-8(12)6-9(10)15-5-2/h7-10H,4-6,12H2,1-3H3,(H,13,14). The lowest BCUT2D eigenvalue weighted by Crippen LogP contribution is -2.65. The first-order valence-electron chi connectivity index (χ1n) is 5.77. The summed E-state index contributed by atoms with van der Waals surface area (Å²) >= 11 is 0. The minimum Gasteiger partial charge on any atom is -0.376 e. The summed E-state index contributed by atoms with van der Waals surface area (Å²) in [7, 11) is 0. The zero-order chi connectivity index (χ0) is 11.4. The zero-order valence-corrected chi connectivity index (χ0v) is 9.82. The summed E-state index contributed by atoms with van der Waals surface area (Å²) in [4.78, 5) is 11.7. The van der Waals surface area contributed by atoms with E-state index in [4.69, 9.17) is 10.5 Å². The molecule has 1 aliphatic rings. The van der Waals surface area contributed by atoms with Gasteiger partial charge in [-0.05, 0) is 19.8 Å². The molecule has 1 rings (SSSR count). The van der Waals surface area contributed by atoms with Crippen molar-refractivity contribution in [3.8, 4) is 0 Å². The van der Waals surface area contributed by atoms with Crippen LogP contribution in [0.5, 0.6) is 0 Å². The molecule has 4 nitrogen and oxygen atoms in total. The first-order valence-corrected chi connectivity index (χ1v) is 5.77. The monoisotopic (exact) mass is 214 g/mol. The minimum atomic E-state index is 0.00597. The third kappa shape index (κ3) is 2.92. The minimum absolute atomic E-state index is 0.00597. The van der Waals surface area contributed by atoms with Gasteiger partial charge in [-0.15, -0.1) is 0 Å². The van der Waals surface area contributed by atoms with Crippen LogP contribution in [0, 0.1) is 5.92 Å². The third-order valence-electron chi connectivity index (χ3n) is 3.12. The second kappa shape index (κ2) is 5.47. The Labute approximate surface area is 91.5 Å². The number of amides is 1. The molecule has 1 amide bonds. The number of carbonyl (C=O) groups is 1. The van der Waals surface area contributed by atoms with Crippen LogP contribution in [0.25, 0.3) is 0 Å². The van der Waals surface area contributed by atoms with Gasteiger partial charge in [0.2, 0.25) is 5.91 Å². The highest BCUT2D eigenvalue weighted by Crippen LogP contribution is 2.23. The van der Waals surface area contributed by atoms with Gasteiger partial charge in [0, 0.05) is 18.6 Å². The van der Waals surface area contributed by atoms with Gasteiger partial charge in [0.1, 0.15) is 0 Å². The predicted molar refractivity (Wildman–Crippen MR) is 59.4 cm³/mol. The van der Waals surface area contributed by atoms with Crippen LogP contribution >= 0.6 is 0 Å². The topological polar surface area (TPSA) is 64.3 Å². The quantitative estimate of drug-likeness (QED) is 0.706. The molecular formula is C11H22N2O2. The van der Waals surface area contributed by atoms with E-state index in [1.807, 2.05) is 20.8 Å². The van der Waals surface area contributed by atoms with Crippen molar-refractivity contribution in [2.24, 2.45) is 11.7 Å². The lowest BCUT2D eigenvalue weighted by atomic mass is 9.83. The van der Waals surface area contributed by atoms with Gasteiger partial charge in [-0.25, -0.2) is 0 Å². The van der Waals surface area contributed by atoms with E-state index < -0.39 is 0 Å². The van der Waals surface area contributed by atoms with Crippen LogP contribution in [0.15, 0.2) is 0 Å². The van der Waals surface area contributed by atoms with Crippen LogP contribution in [-0.2, 0) is 9.53 Å². The van der Waals surface area contributed by atoms with E-state index in [0.717, 1.165) is 12.8 Å². The van der Waals surface area contributed by atoms with Crippen molar-refractivity contribution >= 4 is 5.91 Å². The summed E-state index contributed by atoms with van der Waals surface area (Å²) in [6, 6.07) is 0.0565. The van der Waals surface area contributed by atoms with Gasteiger partial charge in [0.25, 0.3) is 0 Å². The molecule has 0 saturated heterocycles. The third-order valence-corrected chi connectivity index (χ3v) is 3.12. The second-order valence-electron chi connectivity index (χ2n) is 4.24. The molecule has 0 aromatic carbocycles. The summed E-state index contributed by atoms with van der Waals surface area (Å²) < 4.78 is 5.48. The summed E-state index contributed by atoms with van der Waals surface area (Å²) in [5.74, 6) is 0.141. The number of ether oxygens (including phenoxy) is 1. The highest BCUT2D eigenvalue weighted by molar-refractivity contribution is 5.78. The van der Waals surface area contributed by atoms with Crippen LogP contribution in [0.1, 0.15) is 33.6 Å². The molecule has 0 aromatic rings. The summed E-state index contributed by atoms with van der Waals surface area (Å²) in [6.07, 6.45) is 1.81. The first-order chi connectivity index (χ1) is 7.10. The van der Waals surface area contributed by atoms with Gasteiger partial charge in [0.15, 0.2) is 0 Å². The average molecular weight is 214 g/mol. The number of rotatable bonds is 5. The molecule has 0 radical (unpaired) electrons. The number of carbonyl (C=O) groups excluding carboxylic acids is 1. The lowest BCUT2D eigenvalue weighted by molar-refractivity contribution is -0.129. The van der Waals surface area contributed by atoms with Crippen molar-refractivity contribution in [3.05, 3.63) is 0 Å². The van der Waals surface area contributed by atoms with E-state index in [-0.39, 0.29) is 30.0 Å². The molecule has 4 atom stereocenters. The zero-order valence-electron chi connectivity index (χ0n) is 9.82. The summed E-state index contributed by atoms with van der Waals surface area (Å²) in [5.41, 5.74) is 5.84. The Bertz CT molecular complexity index is 219.